The standard InChI is InChI=1S/C18H20FN5O2/c1-3-14-11-22(16(25)4-2)8-9-23(14)18(26)17-20-12-24(21-17)15-7-5-6-13(19)10-15/h4-7,10,12,14H,2-3,8-9,11H2,1H3. The highest BCUT2D eigenvalue weighted by Crippen LogP contribution is 2.16. The maximum absolute atomic E-state index is 13.4. The van der Waals surface area contributed by atoms with Crippen LogP contribution in [0.5, 0.6) is 0 Å². The zero-order valence-electron chi connectivity index (χ0n) is 14.5. The summed E-state index contributed by atoms with van der Waals surface area (Å²) in [7, 11) is 0. The van der Waals surface area contributed by atoms with Crippen LogP contribution in [0.15, 0.2) is 43.2 Å². The molecule has 7 nitrogen and oxygen atoms in total. The molecule has 0 aliphatic carbocycles. The zero-order chi connectivity index (χ0) is 18.7. The van der Waals surface area contributed by atoms with E-state index < -0.39 is 0 Å². The average molecular weight is 357 g/mol. The van der Waals surface area contributed by atoms with E-state index in [0.717, 1.165) is 0 Å². The van der Waals surface area contributed by atoms with Crippen molar-refractivity contribution in [2.45, 2.75) is 19.4 Å². The number of carbonyl (C=O) groups excluding carboxylic acids is 2. The summed E-state index contributed by atoms with van der Waals surface area (Å²) in [6.07, 6.45) is 3.38. The molecular formula is C18H20FN5O2. The minimum Gasteiger partial charge on any atom is -0.335 e. The fraction of sp³-hybridized carbons (Fsp3) is 0.333. The van der Waals surface area contributed by atoms with Crippen LogP contribution in [0.2, 0.25) is 0 Å². The fourth-order valence-corrected chi connectivity index (χ4v) is 3.03. The van der Waals surface area contributed by atoms with Gasteiger partial charge in [-0.25, -0.2) is 14.1 Å². The predicted molar refractivity (Wildman–Crippen MR) is 93.2 cm³/mol. The summed E-state index contributed by atoms with van der Waals surface area (Å²) in [4.78, 5) is 32.1. The van der Waals surface area contributed by atoms with Gasteiger partial charge in [0, 0.05) is 25.7 Å². The summed E-state index contributed by atoms with van der Waals surface area (Å²) in [6.45, 7) is 6.78. The SMILES string of the molecule is C=CC(=O)N1CCN(C(=O)c2ncn(-c3cccc(F)c3)n2)C(CC)C1. The lowest BCUT2D eigenvalue weighted by atomic mass is 10.1. The molecular weight excluding hydrogens is 337 g/mol. The van der Waals surface area contributed by atoms with Crippen molar-refractivity contribution < 1.29 is 14.0 Å². The Hall–Kier alpha value is -3.03. The summed E-state index contributed by atoms with van der Waals surface area (Å²) in [5.74, 6) is -0.766. The van der Waals surface area contributed by atoms with Crippen LogP contribution in [0.4, 0.5) is 4.39 Å². The number of aromatic nitrogens is 3. The first-order valence-electron chi connectivity index (χ1n) is 8.43. The summed E-state index contributed by atoms with van der Waals surface area (Å²) in [6, 6.07) is 5.79. The molecule has 1 unspecified atom stereocenters. The lowest BCUT2D eigenvalue weighted by Crippen LogP contribution is -2.56. The third-order valence-corrected chi connectivity index (χ3v) is 4.46. The molecule has 1 atom stereocenters. The third kappa shape index (κ3) is 3.49. The normalized spacial score (nSPS) is 17.2. The minimum absolute atomic E-state index is 0.0520. The van der Waals surface area contributed by atoms with Crippen LogP contribution >= 0.6 is 0 Å². The molecule has 2 amide bonds. The average Bonchev–Trinajstić information content (AvgIpc) is 3.16. The first-order chi connectivity index (χ1) is 12.5. The van der Waals surface area contributed by atoms with Gasteiger partial charge in [-0.3, -0.25) is 9.59 Å². The summed E-state index contributed by atoms with van der Waals surface area (Å²) in [5.41, 5.74) is 0.491. The van der Waals surface area contributed by atoms with E-state index in [0.29, 0.717) is 31.7 Å². The molecule has 1 aromatic heterocycles. The Morgan fingerprint density at radius 1 is 1.38 bits per heavy atom. The lowest BCUT2D eigenvalue weighted by Gasteiger charge is -2.40. The molecule has 0 saturated carbocycles. The zero-order valence-corrected chi connectivity index (χ0v) is 14.5. The molecule has 0 bridgehead atoms. The lowest BCUT2D eigenvalue weighted by molar-refractivity contribution is -0.128. The van der Waals surface area contributed by atoms with E-state index in [1.165, 1.54) is 29.2 Å². The first kappa shape index (κ1) is 17.8. The van der Waals surface area contributed by atoms with Crippen molar-refractivity contribution in [2.24, 2.45) is 0 Å². The third-order valence-electron chi connectivity index (χ3n) is 4.46. The number of nitrogens with zero attached hydrogens (tertiary/aromatic N) is 5. The molecule has 1 saturated heterocycles. The second kappa shape index (κ2) is 7.47. The topological polar surface area (TPSA) is 71.3 Å². The summed E-state index contributed by atoms with van der Waals surface area (Å²) < 4.78 is 14.7. The Morgan fingerprint density at radius 2 is 2.19 bits per heavy atom. The second-order valence-corrected chi connectivity index (χ2v) is 6.04. The van der Waals surface area contributed by atoms with E-state index in [4.69, 9.17) is 0 Å². The number of rotatable bonds is 4. The number of piperazine rings is 1. The predicted octanol–water partition coefficient (Wildman–Crippen LogP) is 1.66. The molecule has 0 radical (unpaired) electrons. The van der Waals surface area contributed by atoms with Crippen molar-refractivity contribution in [3.63, 3.8) is 0 Å². The van der Waals surface area contributed by atoms with Gasteiger partial charge in [0.1, 0.15) is 12.1 Å². The smallest absolute Gasteiger partial charge is 0.293 e. The fourth-order valence-electron chi connectivity index (χ4n) is 3.03. The molecule has 2 aromatic rings. The van der Waals surface area contributed by atoms with E-state index >= 15 is 0 Å². The van der Waals surface area contributed by atoms with Gasteiger partial charge in [0.25, 0.3) is 5.91 Å². The monoisotopic (exact) mass is 357 g/mol. The van der Waals surface area contributed by atoms with Crippen LogP contribution < -0.4 is 0 Å². The highest BCUT2D eigenvalue weighted by molar-refractivity contribution is 5.91. The van der Waals surface area contributed by atoms with Crippen molar-refractivity contribution in [1.29, 1.82) is 0 Å². The van der Waals surface area contributed by atoms with Crippen molar-refractivity contribution in [3.8, 4) is 5.69 Å². The maximum atomic E-state index is 13.4. The number of hydrogen-bond acceptors (Lipinski definition) is 4. The Labute approximate surface area is 150 Å². The van der Waals surface area contributed by atoms with Crippen LogP contribution in [-0.4, -0.2) is 62.1 Å². The highest BCUT2D eigenvalue weighted by Gasteiger charge is 2.32. The highest BCUT2D eigenvalue weighted by atomic mass is 19.1. The molecule has 1 fully saturated rings. The largest absolute Gasteiger partial charge is 0.335 e. The van der Waals surface area contributed by atoms with Gasteiger partial charge in [0.15, 0.2) is 0 Å². The Morgan fingerprint density at radius 3 is 2.88 bits per heavy atom. The van der Waals surface area contributed by atoms with Gasteiger partial charge < -0.3 is 9.80 Å². The van der Waals surface area contributed by atoms with Crippen LogP contribution in [0.3, 0.4) is 0 Å². The molecule has 2 heterocycles. The van der Waals surface area contributed by atoms with Gasteiger partial charge in [-0.05, 0) is 30.7 Å². The van der Waals surface area contributed by atoms with Gasteiger partial charge in [-0.2, -0.15) is 0 Å². The first-order valence-corrected chi connectivity index (χ1v) is 8.43. The molecule has 0 spiro atoms. The molecule has 1 aliphatic rings. The molecule has 1 aliphatic heterocycles. The van der Waals surface area contributed by atoms with Crippen LogP contribution in [0.25, 0.3) is 5.69 Å². The van der Waals surface area contributed by atoms with Crippen LogP contribution in [0, 0.1) is 5.82 Å². The van der Waals surface area contributed by atoms with Crippen molar-refractivity contribution >= 4 is 11.8 Å². The number of hydrogen-bond donors (Lipinski definition) is 0. The van der Waals surface area contributed by atoms with Crippen molar-refractivity contribution in [1.82, 2.24) is 24.6 Å². The second-order valence-electron chi connectivity index (χ2n) is 6.04. The summed E-state index contributed by atoms with van der Waals surface area (Å²) >= 11 is 0. The Kier molecular flexibility index (Phi) is 5.11. The molecule has 136 valence electrons. The van der Waals surface area contributed by atoms with Crippen LogP contribution in [-0.2, 0) is 4.79 Å². The van der Waals surface area contributed by atoms with Gasteiger partial charge in [-0.1, -0.05) is 19.6 Å². The minimum atomic E-state index is -0.389. The number of halogens is 1. The maximum Gasteiger partial charge on any atom is 0.293 e. The Balaban J connectivity index is 1.77. The van der Waals surface area contributed by atoms with Crippen molar-refractivity contribution in [3.05, 3.63) is 54.9 Å². The molecule has 0 N–H and O–H groups in total. The quantitative estimate of drug-likeness (QED) is 0.780. The molecule has 26 heavy (non-hydrogen) atoms. The van der Waals surface area contributed by atoms with E-state index in [1.54, 1.807) is 21.9 Å². The van der Waals surface area contributed by atoms with Gasteiger partial charge in [-0.15, -0.1) is 5.10 Å². The number of amides is 2. The van der Waals surface area contributed by atoms with Gasteiger partial charge >= 0.3 is 0 Å². The van der Waals surface area contributed by atoms with E-state index in [-0.39, 0.29) is 29.5 Å². The molecule has 3 rings (SSSR count). The van der Waals surface area contributed by atoms with E-state index in [9.17, 15) is 14.0 Å². The van der Waals surface area contributed by atoms with Gasteiger partial charge in [0.2, 0.25) is 11.7 Å². The molecule has 1 aromatic carbocycles. The Bertz CT molecular complexity index is 834. The summed E-state index contributed by atoms with van der Waals surface area (Å²) in [5, 5.41) is 4.19. The van der Waals surface area contributed by atoms with Gasteiger partial charge in [0.05, 0.1) is 5.69 Å². The van der Waals surface area contributed by atoms with Crippen LogP contribution in [0.1, 0.15) is 24.0 Å². The molecule has 8 heteroatoms. The van der Waals surface area contributed by atoms with Crippen molar-refractivity contribution in [2.75, 3.05) is 19.6 Å². The van der Waals surface area contributed by atoms with E-state index in [2.05, 4.69) is 16.7 Å². The number of carbonyl (C=O) groups is 2. The number of benzene rings is 1. The van der Waals surface area contributed by atoms with E-state index in [1.807, 2.05) is 6.92 Å².